The van der Waals surface area contributed by atoms with Crippen LogP contribution >= 0.6 is 0 Å². The second kappa shape index (κ2) is 9.27. The highest BCUT2D eigenvalue weighted by molar-refractivity contribution is 5.81. The van der Waals surface area contributed by atoms with Crippen LogP contribution in [0.1, 0.15) is 57.4 Å². The Morgan fingerprint density at radius 2 is 2.00 bits per heavy atom. The number of ether oxygens (including phenoxy) is 1. The molecule has 6 heteroatoms. The molecular weight excluding hydrogens is 376 g/mol. The van der Waals surface area contributed by atoms with Crippen LogP contribution in [0.5, 0.6) is 5.75 Å². The van der Waals surface area contributed by atoms with Crippen molar-refractivity contribution in [2.75, 3.05) is 33.3 Å². The van der Waals surface area contributed by atoms with E-state index in [0.717, 1.165) is 70.0 Å². The summed E-state index contributed by atoms with van der Waals surface area (Å²) < 4.78 is 5.59. The number of hydrogen-bond donors (Lipinski definition) is 2. The van der Waals surface area contributed by atoms with Gasteiger partial charge in [-0.2, -0.15) is 0 Å². The molecule has 1 saturated heterocycles. The van der Waals surface area contributed by atoms with Gasteiger partial charge >= 0.3 is 0 Å². The van der Waals surface area contributed by atoms with E-state index in [1.54, 1.807) is 7.11 Å². The maximum absolute atomic E-state index is 12.7. The lowest BCUT2D eigenvalue weighted by Gasteiger charge is -2.22. The summed E-state index contributed by atoms with van der Waals surface area (Å²) in [6.45, 7) is 5.31. The monoisotopic (exact) mass is 412 g/mol. The summed E-state index contributed by atoms with van der Waals surface area (Å²) in [6, 6.07) is 8.59. The van der Waals surface area contributed by atoms with E-state index >= 15 is 0 Å². The Morgan fingerprint density at radius 1 is 1.23 bits per heavy atom. The molecule has 2 N–H and O–H groups in total. The van der Waals surface area contributed by atoms with Crippen LogP contribution < -0.4 is 15.4 Å². The van der Waals surface area contributed by atoms with E-state index < -0.39 is 0 Å². The predicted molar refractivity (Wildman–Crippen MR) is 120 cm³/mol. The van der Waals surface area contributed by atoms with Gasteiger partial charge < -0.3 is 20.3 Å². The number of rotatable bonds is 7. The summed E-state index contributed by atoms with van der Waals surface area (Å²) in [7, 11) is 1.74. The zero-order valence-electron chi connectivity index (χ0n) is 18.5. The normalized spacial score (nSPS) is 23.5. The van der Waals surface area contributed by atoms with Crippen LogP contribution in [0.25, 0.3) is 0 Å². The number of nitrogens with zero attached hydrogens (tertiary/aromatic N) is 2. The number of benzene rings is 1. The first-order valence-corrected chi connectivity index (χ1v) is 11.6. The maximum atomic E-state index is 12.7. The van der Waals surface area contributed by atoms with E-state index in [1.165, 1.54) is 18.4 Å². The summed E-state index contributed by atoms with van der Waals surface area (Å²) in [5, 5.41) is 6.98. The van der Waals surface area contributed by atoms with Crippen molar-refractivity contribution in [3.8, 4) is 5.75 Å². The van der Waals surface area contributed by atoms with Crippen molar-refractivity contribution in [1.29, 1.82) is 0 Å². The second-order valence-electron chi connectivity index (χ2n) is 9.07. The van der Waals surface area contributed by atoms with E-state index in [4.69, 9.17) is 9.73 Å². The number of guanidine groups is 1. The van der Waals surface area contributed by atoms with Crippen LogP contribution in [0.3, 0.4) is 0 Å². The van der Waals surface area contributed by atoms with Gasteiger partial charge in [-0.3, -0.25) is 9.79 Å². The predicted octanol–water partition coefficient (Wildman–Crippen LogP) is 3.07. The molecule has 3 fully saturated rings. The lowest BCUT2D eigenvalue weighted by atomic mass is 9.95. The summed E-state index contributed by atoms with van der Waals surface area (Å²) in [4.78, 5) is 19.7. The van der Waals surface area contributed by atoms with Crippen LogP contribution in [0.4, 0.5) is 0 Å². The zero-order valence-corrected chi connectivity index (χ0v) is 18.5. The first kappa shape index (κ1) is 21.0. The Morgan fingerprint density at radius 3 is 2.70 bits per heavy atom. The third kappa shape index (κ3) is 4.57. The van der Waals surface area contributed by atoms with Crippen LogP contribution in [-0.4, -0.2) is 56.1 Å². The minimum atomic E-state index is 0.0924. The fraction of sp³-hybridized carbons (Fsp3) is 0.667. The van der Waals surface area contributed by atoms with Crippen LogP contribution in [0.15, 0.2) is 29.3 Å². The molecule has 1 atom stereocenters. The Balaban J connectivity index is 1.37. The number of hydrogen-bond acceptors (Lipinski definition) is 3. The molecule has 1 unspecified atom stereocenters. The van der Waals surface area contributed by atoms with E-state index in [-0.39, 0.29) is 17.4 Å². The molecule has 0 bridgehead atoms. The van der Waals surface area contributed by atoms with Crippen molar-refractivity contribution < 1.29 is 9.53 Å². The van der Waals surface area contributed by atoms with E-state index in [9.17, 15) is 4.79 Å². The van der Waals surface area contributed by atoms with Crippen molar-refractivity contribution in [2.24, 2.45) is 10.9 Å². The Hall–Kier alpha value is -2.24. The molecule has 1 heterocycles. The third-order valence-electron chi connectivity index (χ3n) is 6.96. The minimum absolute atomic E-state index is 0.0924. The number of nitrogens with one attached hydrogen (secondary N) is 2. The van der Waals surface area contributed by atoms with Gasteiger partial charge in [0.05, 0.1) is 13.7 Å². The fourth-order valence-electron chi connectivity index (χ4n) is 5.00. The standard InChI is InChI=1S/C24H36N4O2/c1-3-25-23(26-17-24(13-14-24)20-10-6-7-11-21(20)30-2)27-19-12-15-28(16-19)22(29)18-8-4-5-9-18/h6-7,10-11,18-19H,3-5,8-9,12-17H2,1-2H3,(H2,25,26,27). The minimum Gasteiger partial charge on any atom is -0.496 e. The summed E-state index contributed by atoms with van der Waals surface area (Å²) in [6.07, 6.45) is 7.83. The van der Waals surface area contributed by atoms with Gasteiger partial charge in [0.2, 0.25) is 5.91 Å². The van der Waals surface area contributed by atoms with Gasteiger partial charge in [-0.1, -0.05) is 31.0 Å². The molecule has 164 valence electrons. The molecule has 0 spiro atoms. The molecule has 0 radical (unpaired) electrons. The number of amides is 1. The smallest absolute Gasteiger partial charge is 0.225 e. The van der Waals surface area contributed by atoms with E-state index in [2.05, 4.69) is 34.6 Å². The quantitative estimate of drug-likeness (QED) is 0.534. The lowest BCUT2D eigenvalue weighted by molar-refractivity contribution is -0.134. The number of likely N-dealkylation sites (tertiary alicyclic amines) is 1. The van der Waals surface area contributed by atoms with Crippen LogP contribution in [0.2, 0.25) is 0 Å². The first-order valence-electron chi connectivity index (χ1n) is 11.6. The molecule has 2 aliphatic carbocycles. The van der Waals surface area contributed by atoms with Crippen molar-refractivity contribution in [3.63, 3.8) is 0 Å². The SMILES string of the molecule is CCNC(=NCC1(c2ccccc2OC)CC1)NC1CCN(C(=O)C2CCCC2)C1. The fourth-order valence-corrected chi connectivity index (χ4v) is 5.00. The molecule has 30 heavy (non-hydrogen) atoms. The highest BCUT2D eigenvalue weighted by Crippen LogP contribution is 2.51. The van der Waals surface area contributed by atoms with Crippen molar-refractivity contribution in [1.82, 2.24) is 15.5 Å². The summed E-state index contributed by atoms with van der Waals surface area (Å²) >= 11 is 0. The lowest BCUT2D eigenvalue weighted by Crippen LogP contribution is -2.45. The van der Waals surface area contributed by atoms with E-state index in [1.807, 2.05) is 12.1 Å². The molecule has 1 aromatic rings. The third-order valence-corrected chi connectivity index (χ3v) is 6.96. The zero-order chi connectivity index (χ0) is 21.0. The molecule has 1 amide bonds. The van der Waals surface area contributed by atoms with Crippen molar-refractivity contribution in [3.05, 3.63) is 29.8 Å². The molecule has 4 rings (SSSR count). The van der Waals surface area contributed by atoms with Gasteiger partial charge in [-0.05, 0) is 45.1 Å². The van der Waals surface area contributed by atoms with Gasteiger partial charge in [0, 0.05) is 42.6 Å². The average Bonchev–Trinajstić information content (AvgIpc) is 3.16. The number of para-hydroxylation sites is 1. The number of carbonyl (C=O) groups is 1. The molecule has 3 aliphatic rings. The van der Waals surface area contributed by atoms with Crippen LogP contribution in [0, 0.1) is 5.92 Å². The summed E-state index contributed by atoms with van der Waals surface area (Å²) in [5.74, 6) is 2.45. The molecular formula is C24H36N4O2. The van der Waals surface area contributed by atoms with Crippen LogP contribution in [-0.2, 0) is 10.2 Å². The van der Waals surface area contributed by atoms with Gasteiger partial charge in [-0.15, -0.1) is 0 Å². The molecule has 2 saturated carbocycles. The average molecular weight is 413 g/mol. The van der Waals surface area contributed by atoms with Gasteiger partial charge in [0.25, 0.3) is 0 Å². The molecule has 6 nitrogen and oxygen atoms in total. The van der Waals surface area contributed by atoms with Gasteiger partial charge in [0.15, 0.2) is 5.96 Å². The van der Waals surface area contributed by atoms with Gasteiger partial charge in [0.1, 0.15) is 5.75 Å². The second-order valence-corrected chi connectivity index (χ2v) is 9.07. The number of methoxy groups -OCH3 is 1. The largest absolute Gasteiger partial charge is 0.496 e. The highest BCUT2D eigenvalue weighted by Gasteiger charge is 2.46. The highest BCUT2D eigenvalue weighted by atomic mass is 16.5. The Bertz CT molecular complexity index is 768. The topological polar surface area (TPSA) is 66.0 Å². The molecule has 1 aromatic carbocycles. The molecule has 1 aliphatic heterocycles. The maximum Gasteiger partial charge on any atom is 0.225 e. The van der Waals surface area contributed by atoms with Crippen molar-refractivity contribution in [2.45, 2.75) is 63.3 Å². The Kier molecular flexibility index (Phi) is 6.49. The Labute approximate surface area is 180 Å². The van der Waals surface area contributed by atoms with E-state index in [0.29, 0.717) is 5.91 Å². The first-order chi connectivity index (χ1) is 14.6. The number of aliphatic imine (C=N–C) groups is 1. The summed E-state index contributed by atoms with van der Waals surface area (Å²) in [5.41, 5.74) is 1.36. The molecule has 0 aromatic heterocycles. The number of carbonyl (C=O) groups excluding carboxylic acids is 1. The van der Waals surface area contributed by atoms with Crippen molar-refractivity contribution >= 4 is 11.9 Å². The van der Waals surface area contributed by atoms with Gasteiger partial charge in [-0.25, -0.2) is 0 Å².